The molecule has 2 aromatic rings. The Morgan fingerprint density at radius 3 is 2.62 bits per heavy atom. The summed E-state index contributed by atoms with van der Waals surface area (Å²) in [4.78, 5) is 28.8. The Labute approximate surface area is 157 Å². The van der Waals surface area contributed by atoms with Crippen LogP contribution in [0.2, 0.25) is 0 Å². The molecule has 0 amide bonds. The number of nitrogens with two attached hydrogens (primary N) is 1. The first kappa shape index (κ1) is 20.1. The molecule has 2 atom stereocenters. The highest BCUT2D eigenvalue weighted by Crippen LogP contribution is 2.28. The van der Waals surface area contributed by atoms with Crippen LogP contribution in [-0.4, -0.2) is 30.1 Å². The van der Waals surface area contributed by atoms with Crippen LogP contribution in [0.4, 0.5) is 0 Å². The maximum Gasteiger partial charge on any atom is 0.357 e. The van der Waals surface area contributed by atoms with Gasteiger partial charge in [-0.15, -0.1) is 11.3 Å². The van der Waals surface area contributed by atoms with E-state index in [1.54, 1.807) is 12.3 Å². The Bertz CT molecular complexity index is 717. The standard InChI is InChI=1S/C19H24N2O4S/c1-3-24-19(23)16-12-26-17(21-16)15(9-13(2)10-20)18(22)25-11-14-7-5-4-6-8-14/h4-8,12-13,15H,3,9-11,20H2,1-2H3/t13?,15-/m1/s1. The molecule has 0 fully saturated rings. The molecule has 0 aliphatic heterocycles. The minimum absolute atomic E-state index is 0.124. The van der Waals surface area contributed by atoms with Crippen molar-refractivity contribution in [3.63, 3.8) is 0 Å². The fourth-order valence-electron chi connectivity index (χ4n) is 2.37. The van der Waals surface area contributed by atoms with Crippen molar-refractivity contribution < 1.29 is 19.1 Å². The van der Waals surface area contributed by atoms with Gasteiger partial charge in [0.1, 0.15) is 17.5 Å². The van der Waals surface area contributed by atoms with Gasteiger partial charge in [0.05, 0.1) is 6.61 Å². The van der Waals surface area contributed by atoms with Gasteiger partial charge < -0.3 is 15.2 Å². The number of aromatic nitrogens is 1. The Kier molecular flexibility index (Phi) is 7.74. The zero-order valence-corrected chi connectivity index (χ0v) is 15.8. The summed E-state index contributed by atoms with van der Waals surface area (Å²) < 4.78 is 10.4. The lowest BCUT2D eigenvalue weighted by Crippen LogP contribution is -2.22. The summed E-state index contributed by atoms with van der Waals surface area (Å²) in [6.45, 7) is 4.63. The molecule has 1 aromatic carbocycles. The Morgan fingerprint density at radius 2 is 1.96 bits per heavy atom. The van der Waals surface area contributed by atoms with E-state index in [1.807, 2.05) is 37.3 Å². The molecule has 26 heavy (non-hydrogen) atoms. The summed E-state index contributed by atoms with van der Waals surface area (Å²) >= 11 is 1.26. The molecular formula is C19H24N2O4S. The lowest BCUT2D eigenvalue weighted by Gasteiger charge is -2.17. The topological polar surface area (TPSA) is 91.5 Å². The monoisotopic (exact) mass is 376 g/mol. The molecule has 0 radical (unpaired) electrons. The highest BCUT2D eigenvalue weighted by atomic mass is 32.1. The van der Waals surface area contributed by atoms with Gasteiger partial charge >= 0.3 is 11.9 Å². The average Bonchev–Trinajstić information content (AvgIpc) is 3.15. The second-order valence-electron chi connectivity index (χ2n) is 6.01. The number of carbonyl (C=O) groups is 2. The number of nitrogens with zero attached hydrogens (tertiary/aromatic N) is 1. The molecule has 0 spiro atoms. The maximum absolute atomic E-state index is 12.7. The Hall–Kier alpha value is -2.25. The normalized spacial score (nSPS) is 13.0. The van der Waals surface area contributed by atoms with Gasteiger partial charge in [-0.1, -0.05) is 37.3 Å². The molecule has 1 aromatic heterocycles. The van der Waals surface area contributed by atoms with E-state index in [-0.39, 0.29) is 30.8 Å². The molecule has 7 heteroatoms. The summed E-state index contributed by atoms with van der Waals surface area (Å²) in [7, 11) is 0. The van der Waals surface area contributed by atoms with Crippen molar-refractivity contribution in [3.05, 3.63) is 52.0 Å². The molecule has 6 nitrogen and oxygen atoms in total. The first-order valence-corrected chi connectivity index (χ1v) is 9.46. The van der Waals surface area contributed by atoms with E-state index in [1.165, 1.54) is 11.3 Å². The molecular weight excluding hydrogens is 352 g/mol. The molecule has 140 valence electrons. The largest absolute Gasteiger partial charge is 0.461 e. The van der Waals surface area contributed by atoms with Crippen molar-refractivity contribution in [2.24, 2.45) is 11.7 Å². The minimum Gasteiger partial charge on any atom is -0.461 e. The molecule has 0 saturated heterocycles. The number of ether oxygens (including phenoxy) is 2. The summed E-state index contributed by atoms with van der Waals surface area (Å²) in [5.41, 5.74) is 6.84. The van der Waals surface area contributed by atoms with Crippen LogP contribution in [0.5, 0.6) is 0 Å². The zero-order chi connectivity index (χ0) is 18.9. The second kappa shape index (κ2) is 10.0. The number of hydrogen-bond donors (Lipinski definition) is 1. The lowest BCUT2D eigenvalue weighted by molar-refractivity contribution is -0.147. The highest BCUT2D eigenvalue weighted by molar-refractivity contribution is 7.10. The van der Waals surface area contributed by atoms with Crippen molar-refractivity contribution in [2.45, 2.75) is 32.8 Å². The maximum atomic E-state index is 12.7. The first-order chi connectivity index (χ1) is 12.5. The third-order valence-electron chi connectivity index (χ3n) is 3.85. The van der Waals surface area contributed by atoms with E-state index in [9.17, 15) is 9.59 Å². The van der Waals surface area contributed by atoms with E-state index in [0.717, 1.165) is 5.56 Å². The average molecular weight is 376 g/mol. The summed E-state index contributed by atoms with van der Waals surface area (Å²) in [6, 6.07) is 9.48. The summed E-state index contributed by atoms with van der Waals surface area (Å²) in [5, 5.41) is 2.16. The van der Waals surface area contributed by atoms with Crippen molar-refractivity contribution in [3.8, 4) is 0 Å². The number of rotatable bonds is 9. The van der Waals surface area contributed by atoms with Gasteiger partial charge in [-0.05, 0) is 31.4 Å². The molecule has 0 aliphatic carbocycles. The van der Waals surface area contributed by atoms with Crippen LogP contribution in [0.15, 0.2) is 35.7 Å². The van der Waals surface area contributed by atoms with Crippen LogP contribution in [0.1, 0.15) is 47.2 Å². The number of benzene rings is 1. The van der Waals surface area contributed by atoms with Gasteiger partial charge in [-0.25, -0.2) is 9.78 Å². The van der Waals surface area contributed by atoms with Gasteiger partial charge in [0.15, 0.2) is 5.69 Å². The smallest absolute Gasteiger partial charge is 0.357 e. The summed E-state index contributed by atoms with van der Waals surface area (Å²) in [6.07, 6.45) is 0.514. The van der Waals surface area contributed by atoms with Gasteiger partial charge in [-0.2, -0.15) is 0 Å². The van der Waals surface area contributed by atoms with E-state index < -0.39 is 11.9 Å². The van der Waals surface area contributed by atoms with E-state index in [0.29, 0.717) is 18.0 Å². The van der Waals surface area contributed by atoms with Crippen molar-refractivity contribution >= 4 is 23.3 Å². The quantitative estimate of drug-likeness (QED) is 0.676. The van der Waals surface area contributed by atoms with Crippen molar-refractivity contribution in [1.82, 2.24) is 4.98 Å². The zero-order valence-electron chi connectivity index (χ0n) is 15.0. The fourth-order valence-corrected chi connectivity index (χ4v) is 3.26. The number of hydrogen-bond acceptors (Lipinski definition) is 7. The van der Waals surface area contributed by atoms with Gasteiger partial charge in [0, 0.05) is 5.38 Å². The predicted molar refractivity (Wildman–Crippen MR) is 99.9 cm³/mol. The van der Waals surface area contributed by atoms with Crippen LogP contribution < -0.4 is 5.73 Å². The van der Waals surface area contributed by atoms with Crippen LogP contribution in [-0.2, 0) is 20.9 Å². The van der Waals surface area contributed by atoms with Crippen LogP contribution in [0, 0.1) is 5.92 Å². The van der Waals surface area contributed by atoms with Crippen LogP contribution in [0.25, 0.3) is 0 Å². The Morgan fingerprint density at radius 1 is 1.23 bits per heavy atom. The second-order valence-corrected chi connectivity index (χ2v) is 6.90. The highest BCUT2D eigenvalue weighted by Gasteiger charge is 2.28. The van der Waals surface area contributed by atoms with Crippen molar-refractivity contribution in [1.29, 1.82) is 0 Å². The van der Waals surface area contributed by atoms with E-state index in [2.05, 4.69) is 4.98 Å². The Balaban J connectivity index is 2.12. The van der Waals surface area contributed by atoms with Gasteiger partial charge in [0.25, 0.3) is 0 Å². The fraction of sp³-hybridized carbons (Fsp3) is 0.421. The van der Waals surface area contributed by atoms with Crippen LogP contribution >= 0.6 is 11.3 Å². The molecule has 0 bridgehead atoms. The number of carbonyl (C=O) groups excluding carboxylic acids is 2. The number of thiazole rings is 1. The van der Waals surface area contributed by atoms with E-state index >= 15 is 0 Å². The third kappa shape index (κ3) is 5.64. The number of esters is 2. The van der Waals surface area contributed by atoms with Crippen molar-refractivity contribution in [2.75, 3.05) is 13.2 Å². The minimum atomic E-state index is -0.551. The van der Waals surface area contributed by atoms with E-state index in [4.69, 9.17) is 15.2 Å². The molecule has 2 rings (SSSR count). The van der Waals surface area contributed by atoms with Gasteiger partial charge in [-0.3, -0.25) is 4.79 Å². The lowest BCUT2D eigenvalue weighted by atomic mass is 9.96. The molecule has 2 N–H and O–H groups in total. The molecule has 1 unspecified atom stereocenters. The third-order valence-corrected chi connectivity index (χ3v) is 4.81. The van der Waals surface area contributed by atoms with Gasteiger partial charge in [0.2, 0.25) is 0 Å². The first-order valence-electron chi connectivity index (χ1n) is 8.58. The molecule has 1 heterocycles. The molecule has 0 saturated carbocycles. The molecule has 0 aliphatic rings. The van der Waals surface area contributed by atoms with Crippen LogP contribution in [0.3, 0.4) is 0 Å². The predicted octanol–water partition coefficient (Wildman–Crippen LogP) is 3.13. The summed E-state index contributed by atoms with van der Waals surface area (Å²) in [5.74, 6) is -1.28. The SMILES string of the molecule is CCOC(=O)c1csc([C@@H](CC(C)CN)C(=O)OCc2ccccc2)n1.